The predicted molar refractivity (Wildman–Crippen MR) is 126 cm³/mol. The average Bonchev–Trinajstić information content (AvgIpc) is 3.36. The molecule has 2 aliphatic rings. The maximum atomic E-state index is 12.8. The van der Waals surface area contributed by atoms with Crippen LogP contribution in [0.2, 0.25) is 0 Å². The molecule has 0 aliphatic carbocycles. The van der Waals surface area contributed by atoms with Crippen LogP contribution in [-0.4, -0.2) is 51.3 Å². The van der Waals surface area contributed by atoms with Gasteiger partial charge in [0, 0.05) is 41.8 Å². The fourth-order valence-electron chi connectivity index (χ4n) is 4.26. The second kappa shape index (κ2) is 9.77. The third-order valence-electron chi connectivity index (χ3n) is 6.08. The molecule has 0 bridgehead atoms. The largest absolute Gasteiger partial charge is 0.415 e. The van der Waals surface area contributed by atoms with E-state index in [2.05, 4.69) is 27.8 Å². The second-order valence-electron chi connectivity index (χ2n) is 8.32. The van der Waals surface area contributed by atoms with E-state index in [9.17, 15) is 4.79 Å². The number of carbonyl (C=O) groups excluding carboxylic acids is 1. The molecule has 1 aromatic carbocycles. The van der Waals surface area contributed by atoms with Crippen LogP contribution in [0.1, 0.15) is 45.4 Å². The van der Waals surface area contributed by atoms with Crippen molar-refractivity contribution in [3.63, 3.8) is 0 Å². The number of likely N-dealkylation sites (tertiary alicyclic amines) is 2. The van der Waals surface area contributed by atoms with E-state index < -0.39 is 0 Å². The van der Waals surface area contributed by atoms with Gasteiger partial charge >= 0.3 is 6.09 Å². The third kappa shape index (κ3) is 5.06. The summed E-state index contributed by atoms with van der Waals surface area (Å²) >= 11 is 3.46. The normalized spacial score (nSPS) is 20.1. The summed E-state index contributed by atoms with van der Waals surface area (Å²) < 4.78 is 8.38. The zero-order valence-electron chi connectivity index (χ0n) is 18.0. The van der Waals surface area contributed by atoms with Gasteiger partial charge in [-0.3, -0.25) is 0 Å². The Morgan fingerprint density at radius 3 is 2.58 bits per heavy atom. The number of nitrogen functional groups attached to an aromatic ring is 1. The Hall–Kier alpha value is -2.48. The third-order valence-corrected chi connectivity index (χ3v) is 6.61. The van der Waals surface area contributed by atoms with Crippen molar-refractivity contribution >= 4 is 33.7 Å². The lowest BCUT2D eigenvalue weighted by Crippen LogP contribution is -2.38. The Bertz CT molecular complexity index is 934. The van der Waals surface area contributed by atoms with Crippen molar-refractivity contribution in [1.82, 2.24) is 19.6 Å². The quantitative estimate of drug-likeness (QED) is 0.603. The molecule has 2 aliphatic heterocycles. The Morgan fingerprint density at radius 1 is 1.13 bits per heavy atom. The van der Waals surface area contributed by atoms with Crippen LogP contribution in [0.25, 0.3) is 17.1 Å². The number of nitrogens with two attached hydrogens (primary N) is 1. The van der Waals surface area contributed by atoms with Gasteiger partial charge in [0.1, 0.15) is 12.1 Å². The van der Waals surface area contributed by atoms with E-state index in [-0.39, 0.29) is 12.1 Å². The zero-order chi connectivity index (χ0) is 21.8. The lowest BCUT2D eigenvalue weighted by atomic mass is 10.1. The number of nitrogens with zero attached hydrogens (tertiary/aromatic N) is 4. The van der Waals surface area contributed by atoms with Gasteiger partial charge in [0.05, 0.1) is 5.69 Å². The molecule has 2 fully saturated rings. The van der Waals surface area contributed by atoms with Crippen molar-refractivity contribution in [3.8, 4) is 11.3 Å². The molecular weight excluding hydrogens is 458 g/mol. The zero-order valence-corrected chi connectivity index (χ0v) is 19.6. The molecule has 31 heavy (non-hydrogen) atoms. The fraction of sp³-hybridized carbons (Fsp3) is 0.478. The van der Waals surface area contributed by atoms with E-state index in [4.69, 9.17) is 15.6 Å². The van der Waals surface area contributed by atoms with Crippen LogP contribution in [0, 0.1) is 0 Å². The maximum absolute atomic E-state index is 12.8. The van der Waals surface area contributed by atoms with Gasteiger partial charge in [-0.2, -0.15) is 9.78 Å². The minimum absolute atomic E-state index is 0.192. The highest BCUT2D eigenvalue weighted by atomic mass is 79.9. The van der Waals surface area contributed by atoms with Crippen LogP contribution in [0.5, 0.6) is 0 Å². The molecule has 1 unspecified atom stereocenters. The Labute approximate surface area is 192 Å². The molecule has 166 valence electrons. The smallest absolute Gasteiger partial charge is 0.414 e. The first-order valence-corrected chi connectivity index (χ1v) is 11.9. The monoisotopic (exact) mass is 487 g/mol. The molecule has 2 N–H and O–H groups in total. The minimum atomic E-state index is -0.301. The van der Waals surface area contributed by atoms with Gasteiger partial charge in [0.25, 0.3) is 0 Å². The van der Waals surface area contributed by atoms with Gasteiger partial charge in [-0.25, -0.2) is 4.79 Å². The predicted octanol–water partition coefficient (Wildman–Crippen LogP) is 5.15. The first-order valence-electron chi connectivity index (χ1n) is 11.1. The lowest BCUT2D eigenvalue weighted by Gasteiger charge is -2.26. The van der Waals surface area contributed by atoms with Gasteiger partial charge in [-0.15, -0.1) is 0 Å². The Balaban J connectivity index is 1.59. The van der Waals surface area contributed by atoms with E-state index in [0.29, 0.717) is 11.6 Å². The van der Waals surface area contributed by atoms with E-state index in [1.807, 2.05) is 35.2 Å². The van der Waals surface area contributed by atoms with Crippen LogP contribution in [0.4, 0.5) is 10.6 Å². The van der Waals surface area contributed by atoms with Crippen LogP contribution in [-0.2, 0) is 4.74 Å². The summed E-state index contributed by atoms with van der Waals surface area (Å²) in [4.78, 5) is 16.8. The van der Waals surface area contributed by atoms with Crippen molar-refractivity contribution in [3.05, 3.63) is 41.1 Å². The van der Waals surface area contributed by atoms with Crippen molar-refractivity contribution in [1.29, 1.82) is 0 Å². The van der Waals surface area contributed by atoms with Crippen LogP contribution < -0.4 is 5.73 Å². The molecule has 0 radical (unpaired) electrons. The molecule has 1 aromatic heterocycles. The molecule has 4 rings (SSSR count). The van der Waals surface area contributed by atoms with Crippen molar-refractivity contribution in [2.45, 2.75) is 51.5 Å². The maximum Gasteiger partial charge on any atom is 0.415 e. The number of anilines is 1. The summed E-state index contributed by atoms with van der Waals surface area (Å²) in [5.41, 5.74) is 8.10. The number of amides is 1. The lowest BCUT2D eigenvalue weighted by molar-refractivity contribution is 0.121. The highest BCUT2D eigenvalue weighted by molar-refractivity contribution is 9.10. The molecule has 8 heteroatoms. The topological polar surface area (TPSA) is 76.6 Å². The molecule has 0 saturated carbocycles. The summed E-state index contributed by atoms with van der Waals surface area (Å²) in [6.07, 6.45) is 7.76. The van der Waals surface area contributed by atoms with Crippen molar-refractivity contribution < 1.29 is 9.53 Å². The van der Waals surface area contributed by atoms with Gasteiger partial charge in [-0.05, 0) is 44.7 Å². The van der Waals surface area contributed by atoms with Gasteiger partial charge in [0.15, 0.2) is 5.82 Å². The van der Waals surface area contributed by atoms with E-state index in [0.717, 1.165) is 73.9 Å². The molecular formula is C23H30BrN5O2. The molecule has 0 spiro atoms. The molecule has 2 saturated heterocycles. The minimum Gasteiger partial charge on any atom is -0.414 e. The van der Waals surface area contributed by atoms with Crippen molar-refractivity contribution in [2.75, 3.05) is 25.4 Å². The number of carbonyl (C=O) groups is 1. The summed E-state index contributed by atoms with van der Waals surface area (Å²) in [7, 11) is 0. The van der Waals surface area contributed by atoms with Crippen LogP contribution in [0.15, 0.2) is 41.1 Å². The van der Waals surface area contributed by atoms with Crippen LogP contribution in [0.3, 0.4) is 0 Å². The van der Waals surface area contributed by atoms with Gasteiger partial charge < -0.3 is 20.3 Å². The number of hydrogen-bond donors (Lipinski definition) is 1. The molecule has 7 nitrogen and oxygen atoms in total. The van der Waals surface area contributed by atoms with Crippen molar-refractivity contribution in [2.24, 2.45) is 0 Å². The highest BCUT2D eigenvalue weighted by Gasteiger charge is 2.25. The number of aromatic nitrogens is 2. The van der Waals surface area contributed by atoms with E-state index >= 15 is 0 Å². The number of hydrogen-bond acceptors (Lipinski definition) is 5. The van der Waals surface area contributed by atoms with Gasteiger partial charge in [-0.1, -0.05) is 40.9 Å². The SMILES string of the molecule is CC1CCCCCN1C(=O)O/C=C(/N1CCCC1)n1nc(-c2ccc(Br)cc2)cc1N. The summed E-state index contributed by atoms with van der Waals surface area (Å²) in [6, 6.07) is 9.99. The number of ether oxygens (including phenoxy) is 1. The van der Waals surface area contributed by atoms with E-state index in [1.54, 1.807) is 4.68 Å². The highest BCUT2D eigenvalue weighted by Crippen LogP contribution is 2.27. The molecule has 1 atom stereocenters. The summed E-state index contributed by atoms with van der Waals surface area (Å²) in [6.45, 7) is 4.60. The molecule has 2 aromatic rings. The van der Waals surface area contributed by atoms with Crippen LogP contribution >= 0.6 is 15.9 Å². The second-order valence-corrected chi connectivity index (χ2v) is 9.23. The first-order chi connectivity index (χ1) is 15.0. The van der Waals surface area contributed by atoms with Gasteiger partial charge in [0.2, 0.25) is 0 Å². The molecule has 1 amide bonds. The first kappa shape index (κ1) is 21.7. The summed E-state index contributed by atoms with van der Waals surface area (Å²) in [5, 5.41) is 4.74. The average molecular weight is 488 g/mol. The standard InChI is InChI=1S/C23H30BrN5O2/c1-17-7-3-2-4-14-28(17)23(30)31-16-22(27-12-5-6-13-27)29-21(25)15-20(26-29)18-8-10-19(24)11-9-18/h8-11,15-17H,2-7,12-14,25H2,1H3/b22-16-. The fourth-order valence-corrected chi connectivity index (χ4v) is 4.53. The number of benzene rings is 1. The van der Waals surface area contributed by atoms with E-state index in [1.165, 1.54) is 6.26 Å². The molecule has 3 heterocycles. The Kier molecular flexibility index (Phi) is 6.85. The number of halogens is 1. The number of rotatable bonds is 4. The Morgan fingerprint density at radius 2 is 1.84 bits per heavy atom. The summed E-state index contributed by atoms with van der Waals surface area (Å²) in [5.74, 6) is 1.21.